The summed E-state index contributed by atoms with van der Waals surface area (Å²) in [7, 11) is 2.98. The largest absolute Gasteiger partial charge is 0.497 e. The minimum atomic E-state index is -0.525. The van der Waals surface area contributed by atoms with Gasteiger partial charge in [0.1, 0.15) is 17.0 Å². The van der Waals surface area contributed by atoms with E-state index < -0.39 is 11.7 Å². The van der Waals surface area contributed by atoms with Crippen molar-refractivity contribution in [3.63, 3.8) is 0 Å². The second-order valence-corrected chi connectivity index (χ2v) is 5.74. The molecule has 1 rings (SSSR count). The lowest BCUT2D eigenvalue weighted by molar-refractivity contribution is -0.427. The molecule has 0 aliphatic carbocycles. The Morgan fingerprint density at radius 1 is 1.27 bits per heavy atom. The molecule has 0 aromatic heterocycles. The van der Waals surface area contributed by atoms with Gasteiger partial charge in [-0.1, -0.05) is 0 Å². The van der Waals surface area contributed by atoms with E-state index in [9.17, 15) is 9.70 Å². The van der Waals surface area contributed by atoms with Crippen LogP contribution in [0.25, 0.3) is 0 Å². The molecule has 22 heavy (non-hydrogen) atoms. The van der Waals surface area contributed by atoms with Gasteiger partial charge in [-0.25, -0.2) is 4.79 Å². The first-order valence-electron chi connectivity index (χ1n) is 7.02. The quantitative estimate of drug-likeness (QED) is 0.624. The number of nitrogens with zero attached hydrogens (tertiary/aromatic N) is 1. The van der Waals surface area contributed by atoms with Crippen molar-refractivity contribution in [3.8, 4) is 5.75 Å². The molecule has 7 nitrogen and oxygen atoms in total. The molecule has 2 N–H and O–H groups in total. The summed E-state index contributed by atoms with van der Waals surface area (Å²) in [4.78, 5) is 23.0. The van der Waals surface area contributed by atoms with Gasteiger partial charge >= 0.3 is 6.09 Å². The summed E-state index contributed by atoms with van der Waals surface area (Å²) in [6.07, 6.45) is -0.471. The highest BCUT2D eigenvalue weighted by Crippen LogP contribution is 2.28. The van der Waals surface area contributed by atoms with Crippen LogP contribution < -0.4 is 15.4 Å². The van der Waals surface area contributed by atoms with E-state index in [4.69, 9.17) is 9.47 Å². The molecular formula is C15H24N3O4+. The standard InChI is InChI=1S/C15H23N3O4/c1-15(2,3)22-14(19)17-9-8-16-12-10-11(21-5)6-7-13(12)18(4)20/h6-7,10H,8-9H2,1-5H3,(H-,16,17,19,20)/p+1. The SMILES string of the molecule is COc1ccc([N+](C)=O)c(NCCNC(=O)OC(C)(C)C)c1. The van der Waals surface area contributed by atoms with Crippen LogP contribution in [-0.4, -0.2) is 43.7 Å². The third-order valence-electron chi connectivity index (χ3n) is 2.65. The molecule has 0 saturated carbocycles. The highest BCUT2D eigenvalue weighted by atomic mass is 16.6. The number of ether oxygens (including phenoxy) is 2. The third kappa shape index (κ3) is 5.99. The van der Waals surface area contributed by atoms with E-state index in [0.717, 1.165) is 4.76 Å². The summed E-state index contributed by atoms with van der Waals surface area (Å²) in [5.41, 5.74) is 0.615. The van der Waals surface area contributed by atoms with E-state index in [1.54, 1.807) is 46.1 Å². The molecule has 1 amide bonds. The van der Waals surface area contributed by atoms with Crippen molar-refractivity contribution in [1.29, 1.82) is 0 Å². The first-order valence-corrected chi connectivity index (χ1v) is 7.02. The highest BCUT2D eigenvalue weighted by Gasteiger charge is 2.17. The van der Waals surface area contributed by atoms with Crippen molar-refractivity contribution >= 4 is 17.5 Å². The summed E-state index contributed by atoms with van der Waals surface area (Å²) in [5.74, 6) is 0.646. The molecule has 0 aliphatic heterocycles. The Bertz CT molecular complexity index is 538. The number of carbonyl (C=O) groups excluding carboxylic acids is 1. The number of benzene rings is 1. The minimum absolute atomic E-state index is 0.369. The molecule has 0 saturated heterocycles. The van der Waals surface area contributed by atoms with Gasteiger partial charge in [0.25, 0.3) is 5.69 Å². The smallest absolute Gasteiger partial charge is 0.407 e. The summed E-state index contributed by atoms with van der Waals surface area (Å²) >= 11 is 0. The lowest BCUT2D eigenvalue weighted by Crippen LogP contribution is -2.35. The topological polar surface area (TPSA) is 79.7 Å². The first-order chi connectivity index (χ1) is 10.2. The van der Waals surface area contributed by atoms with Gasteiger partial charge in [0, 0.05) is 34.9 Å². The van der Waals surface area contributed by atoms with Gasteiger partial charge in [-0.05, 0) is 26.8 Å². The fourth-order valence-corrected chi connectivity index (χ4v) is 1.73. The average molecular weight is 310 g/mol. The number of anilines is 1. The van der Waals surface area contributed by atoms with E-state index in [2.05, 4.69) is 10.6 Å². The lowest BCUT2D eigenvalue weighted by Gasteiger charge is -2.19. The van der Waals surface area contributed by atoms with Gasteiger partial charge in [-0.2, -0.15) is 0 Å². The fourth-order valence-electron chi connectivity index (χ4n) is 1.73. The maximum absolute atomic E-state index is 11.5. The van der Waals surface area contributed by atoms with Crippen LogP contribution in [0, 0.1) is 4.91 Å². The third-order valence-corrected chi connectivity index (χ3v) is 2.65. The molecule has 0 bridgehead atoms. The average Bonchev–Trinajstić information content (AvgIpc) is 2.41. The molecule has 0 fully saturated rings. The summed E-state index contributed by atoms with van der Waals surface area (Å²) in [6, 6.07) is 5.13. The Hall–Kier alpha value is -2.31. The number of hydrogen-bond acceptors (Lipinski definition) is 5. The Morgan fingerprint density at radius 3 is 2.50 bits per heavy atom. The van der Waals surface area contributed by atoms with Crippen LogP contribution in [0.3, 0.4) is 0 Å². The number of nitroso groups, excluding NO2 is 1. The number of rotatable bonds is 6. The first kappa shape index (κ1) is 17.7. The fraction of sp³-hybridized carbons (Fsp3) is 0.533. The predicted molar refractivity (Wildman–Crippen MR) is 84.9 cm³/mol. The molecule has 0 spiro atoms. The zero-order valence-electron chi connectivity index (χ0n) is 13.7. The van der Waals surface area contributed by atoms with Crippen LogP contribution >= 0.6 is 0 Å². The zero-order chi connectivity index (χ0) is 16.8. The highest BCUT2D eigenvalue weighted by molar-refractivity contribution is 5.68. The van der Waals surface area contributed by atoms with E-state index in [0.29, 0.717) is 30.2 Å². The Morgan fingerprint density at radius 2 is 1.95 bits per heavy atom. The van der Waals surface area contributed by atoms with Crippen molar-refractivity contribution in [2.45, 2.75) is 26.4 Å². The number of alkyl carbamates (subject to hydrolysis) is 1. The van der Waals surface area contributed by atoms with Crippen LogP contribution in [0.2, 0.25) is 0 Å². The molecule has 122 valence electrons. The van der Waals surface area contributed by atoms with Crippen molar-refractivity contribution in [2.75, 3.05) is 32.6 Å². The van der Waals surface area contributed by atoms with Crippen molar-refractivity contribution in [2.24, 2.45) is 0 Å². The van der Waals surface area contributed by atoms with Gasteiger partial charge in [0.15, 0.2) is 7.05 Å². The maximum Gasteiger partial charge on any atom is 0.407 e. The van der Waals surface area contributed by atoms with Gasteiger partial charge in [0.2, 0.25) is 0 Å². The molecule has 0 radical (unpaired) electrons. The summed E-state index contributed by atoms with van der Waals surface area (Å²) in [5, 5.41) is 5.74. The molecule has 0 unspecified atom stereocenters. The number of carbonyl (C=O) groups is 1. The normalized spacial score (nSPS) is 10.8. The number of amides is 1. The van der Waals surface area contributed by atoms with Crippen LogP contribution in [0.15, 0.2) is 18.2 Å². The zero-order valence-corrected chi connectivity index (χ0v) is 13.7. The number of hydrogen-bond donors (Lipinski definition) is 2. The van der Waals surface area contributed by atoms with E-state index in [1.807, 2.05) is 0 Å². The van der Waals surface area contributed by atoms with Gasteiger partial charge in [-0.3, -0.25) is 0 Å². The van der Waals surface area contributed by atoms with E-state index >= 15 is 0 Å². The van der Waals surface area contributed by atoms with Crippen LogP contribution in [0.5, 0.6) is 5.75 Å². The molecular weight excluding hydrogens is 286 g/mol. The van der Waals surface area contributed by atoms with Crippen molar-refractivity contribution < 1.29 is 19.0 Å². The molecule has 7 heteroatoms. The Kier molecular flexibility index (Phi) is 6.15. The minimum Gasteiger partial charge on any atom is -0.497 e. The number of methoxy groups -OCH3 is 1. The predicted octanol–water partition coefficient (Wildman–Crippen LogP) is 2.67. The molecule has 0 aliphatic rings. The van der Waals surface area contributed by atoms with Crippen LogP contribution in [-0.2, 0) is 4.74 Å². The Labute approximate surface area is 130 Å². The molecule has 1 aromatic carbocycles. The van der Waals surface area contributed by atoms with E-state index in [-0.39, 0.29) is 0 Å². The second kappa shape index (κ2) is 7.63. The Balaban J connectivity index is 2.54. The lowest BCUT2D eigenvalue weighted by atomic mass is 10.2. The maximum atomic E-state index is 11.5. The van der Waals surface area contributed by atoms with Crippen molar-refractivity contribution in [1.82, 2.24) is 5.32 Å². The summed E-state index contributed by atoms with van der Waals surface area (Å²) in [6.45, 7) is 6.23. The van der Waals surface area contributed by atoms with E-state index in [1.165, 1.54) is 7.05 Å². The monoisotopic (exact) mass is 310 g/mol. The van der Waals surface area contributed by atoms with Gasteiger partial charge < -0.3 is 20.1 Å². The molecule has 0 heterocycles. The van der Waals surface area contributed by atoms with Crippen LogP contribution in [0.4, 0.5) is 16.2 Å². The molecule has 1 aromatic rings. The molecule has 0 atom stereocenters. The van der Waals surface area contributed by atoms with Gasteiger partial charge in [0.05, 0.1) is 7.11 Å². The van der Waals surface area contributed by atoms with Gasteiger partial charge in [-0.15, -0.1) is 0 Å². The number of nitrogens with one attached hydrogen (secondary N) is 2. The van der Waals surface area contributed by atoms with Crippen molar-refractivity contribution in [3.05, 3.63) is 23.1 Å². The summed E-state index contributed by atoms with van der Waals surface area (Å²) < 4.78 is 11.0. The van der Waals surface area contributed by atoms with Crippen LogP contribution in [0.1, 0.15) is 20.8 Å². The second-order valence-electron chi connectivity index (χ2n) is 5.74.